The molecule has 2 unspecified atom stereocenters. The van der Waals surface area contributed by atoms with Crippen LogP contribution in [0, 0.1) is 0 Å². The fraction of sp³-hybridized carbons (Fsp3) is 0.698. The number of carbonyl (C=O) groups is 2. The van der Waals surface area contributed by atoms with Crippen LogP contribution in [-0.2, 0) is 32.7 Å². The average Bonchev–Trinajstić information content (AvgIpc) is 3.24. The van der Waals surface area contributed by atoms with E-state index in [4.69, 9.17) is 18.5 Å². The number of ether oxygens (including phenoxy) is 2. The Morgan fingerprint density at radius 3 is 1.37 bits per heavy atom. The lowest BCUT2D eigenvalue weighted by atomic mass is 10.0. The van der Waals surface area contributed by atoms with Crippen molar-refractivity contribution in [2.75, 3.05) is 47.5 Å². The quantitative estimate of drug-likeness (QED) is 0.0212. The highest BCUT2D eigenvalue weighted by molar-refractivity contribution is 7.47. The molecule has 0 aromatic rings. The van der Waals surface area contributed by atoms with E-state index < -0.39 is 26.5 Å². The standard InChI is InChI=1S/C53H92NO8P/c1-6-8-10-12-14-16-18-19-20-21-22-23-24-25-26-27-28-29-30-31-32-33-34-35-36-38-40-42-44-46-53(56)62-51(50-61-63(57,58)60-48-47-54(3,4)5)49-59-52(55)45-43-41-39-37-17-15-13-11-9-7-2/h8,10-11,13-14,16,19-20,22-23,25-26,28-29,51H,6-7,9,12,15,17-18,21,24,27,30-50H2,1-5H3/p+1/b10-8-,13-11-,16-14-,20-19-,23-22-,26-25-,29-28-. The minimum Gasteiger partial charge on any atom is -0.462 e. The average molecular weight is 903 g/mol. The highest BCUT2D eigenvalue weighted by atomic mass is 31.2. The molecule has 0 bridgehead atoms. The highest BCUT2D eigenvalue weighted by Gasteiger charge is 2.27. The molecule has 0 saturated carbocycles. The molecule has 0 heterocycles. The Labute approximate surface area is 386 Å². The number of unbranched alkanes of at least 4 members (excludes halogenated alkanes) is 16. The summed E-state index contributed by atoms with van der Waals surface area (Å²) in [7, 11) is 1.46. The van der Waals surface area contributed by atoms with E-state index in [-0.39, 0.29) is 32.0 Å². The van der Waals surface area contributed by atoms with Crippen LogP contribution in [-0.4, -0.2) is 74.9 Å². The van der Waals surface area contributed by atoms with E-state index in [9.17, 15) is 19.0 Å². The molecule has 2 atom stereocenters. The first-order chi connectivity index (χ1) is 30.5. The Morgan fingerprint density at radius 2 is 0.905 bits per heavy atom. The number of phosphoric acid groups is 1. The van der Waals surface area contributed by atoms with Crippen molar-refractivity contribution in [3.05, 3.63) is 85.1 Å². The molecule has 1 N–H and O–H groups in total. The van der Waals surface area contributed by atoms with E-state index in [2.05, 4.69) is 98.9 Å². The van der Waals surface area contributed by atoms with Crippen LogP contribution in [0.3, 0.4) is 0 Å². The second-order valence-electron chi connectivity index (χ2n) is 17.5. The van der Waals surface area contributed by atoms with Crippen LogP contribution in [0.25, 0.3) is 0 Å². The Morgan fingerprint density at radius 1 is 0.508 bits per heavy atom. The summed E-state index contributed by atoms with van der Waals surface area (Å²) in [6.45, 7) is 4.22. The van der Waals surface area contributed by atoms with E-state index in [1.807, 2.05) is 21.1 Å². The number of allylic oxidation sites excluding steroid dienone is 14. The van der Waals surface area contributed by atoms with Gasteiger partial charge in [0.2, 0.25) is 0 Å². The molecule has 0 aliphatic heterocycles. The first-order valence-corrected chi connectivity index (χ1v) is 26.3. The van der Waals surface area contributed by atoms with Crippen molar-refractivity contribution in [1.82, 2.24) is 0 Å². The van der Waals surface area contributed by atoms with Crippen LogP contribution in [0.5, 0.6) is 0 Å². The molecule has 0 aliphatic rings. The molecule has 0 amide bonds. The van der Waals surface area contributed by atoms with Gasteiger partial charge in [0.15, 0.2) is 6.10 Å². The summed E-state index contributed by atoms with van der Waals surface area (Å²) in [6.07, 6.45) is 57.9. The molecule has 362 valence electrons. The van der Waals surface area contributed by atoms with Gasteiger partial charge in [-0.3, -0.25) is 18.6 Å². The molecule has 0 radical (unpaired) electrons. The molecule has 0 spiro atoms. The van der Waals surface area contributed by atoms with Crippen molar-refractivity contribution in [3.8, 4) is 0 Å². The van der Waals surface area contributed by atoms with Crippen molar-refractivity contribution >= 4 is 19.8 Å². The van der Waals surface area contributed by atoms with Gasteiger partial charge in [-0.25, -0.2) is 4.57 Å². The third-order valence-electron chi connectivity index (χ3n) is 10.1. The normalized spacial score (nSPS) is 14.2. The SMILES string of the molecule is CC/C=C\C/C=C\C/C=C\C/C=C\C/C=C\C/C=C\CCCCCCCCCCCCC(=O)OC(COC(=O)CCCCCCC/C=C\CCC)COP(=O)(O)OCC[N+](C)(C)C. The maximum atomic E-state index is 12.7. The van der Waals surface area contributed by atoms with Gasteiger partial charge in [0.05, 0.1) is 27.7 Å². The van der Waals surface area contributed by atoms with Crippen LogP contribution in [0.1, 0.15) is 187 Å². The van der Waals surface area contributed by atoms with Crippen LogP contribution in [0.2, 0.25) is 0 Å². The predicted octanol–water partition coefficient (Wildman–Crippen LogP) is 14.7. The zero-order valence-corrected chi connectivity index (χ0v) is 41.7. The largest absolute Gasteiger partial charge is 0.472 e. The minimum atomic E-state index is -4.38. The van der Waals surface area contributed by atoms with Crippen molar-refractivity contribution in [2.45, 2.75) is 193 Å². The second kappa shape index (κ2) is 44.4. The molecule has 0 saturated heterocycles. The number of hydrogen-bond donors (Lipinski definition) is 1. The van der Waals surface area contributed by atoms with Crippen LogP contribution in [0.15, 0.2) is 85.1 Å². The molecule has 0 aliphatic carbocycles. The fourth-order valence-electron chi connectivity index (χ4n) is 6.31. The predicted molar refractivity (Wildman–Crippen MR) is 265 cm³/mol. The van der Waals surface area contributed by atoms with E-state index in [1.165, 1.54) is 44.9 Å². The summed E-state index contributed by atoms with van der Waals surface area (Å²) in [5, 5.41) is 0. The van der Waals surface area contributed by atoms with Crippen LogP contribution >= 0.6 is 7.82 Å². The van der Waals surface area contributed by atoms with Gasteiger partial charge >= 0.3 is 19.8 Å². The Hall–Kier alpha value is -2.81. The summed E-state index contributed by atoms with van der Waals surface area (Å²) in [5.74, 6) is -0.822. The number of hydrogen-bond acceptors (Lipinski definition) is 7. The zero-order valence-electron chi connectivity index (χ0n) is 40.8. The first-order valence-electron chi connectivity index (χ1n) is 24.8. The molecule has 0 aromatic carbocycles. The third-order valence-corrected chi connectivity index (χ3v) is 11.1. The first kappa shape index (κ1) is 60.2. The minimum absolute atomic E-state index is 0.0258. The number of likely N-dealkylation sites (N-methyl/N-ethyl adjacent to an activating group) is 1. The number of carbonyl (C=O) groups excluding carboxylic acids is 2. The fourth-order valence-corrected chi connectivity index (χ4v) is 7.05. The van der Waals surface area contributed by atoms with Crippen molar-refractivity contribution in [2.24, 2.45) is 0 Å². The van der Waals surface area contributed by atoms with E-state index in [0.717, 1.165) is 109 Å². The number of esters is 2. The molecule has 63 heavy (non-hydrogen) atoms. The molecule has 0 rings (SSSR count). The topological polar surface area (TPSA) is 108 Å². The van der Waals surface area contributed by atoms with Crippen molar-refractivity contribution in [3.63, 3.8) is 0 Å². The number of nitrogens with zero attached hydrogens (tertiary/aromatic N) is 1. The summed E-state index contributed by atoms with van der Waals surface area (Å²) >= 11 is 0. The molecule has 0 aromatic heterocycles. The van der Waals surface area contributed by atoms with Gasteiger partial charge in [-0.2, -0.15) is 0 Å². The summed E-state index contributed by atoms with van der Waals surface area (Å²) in [5.41, 5.74) is 0. The lowest BCUT2D eigenvalue weighted by molar-refractivity contribution is -0.870. The number of phosphoric ester groups is 1. The molecular weight excluding hydrogens is 810 g/mol. The van der Waals surface area contributed by atoms with Gasteiger partial charge in [0.1, 0.15) is 19.8 Å². The van der Waals surface area contributed by atoms with Gasteiger partial charge in [-0.15, -0.1) is 0 Å². The summed E-state index contributed by atoms with van der Waals surface area (Å²) in [4.78, 5) is 35.4. The Balaban J connectivity index is 4.17. The molecule has 9 nitrogen and oxygen atoms in total. The molecule has 0 fully saturated rings. The third kappa shape index (κ3) is 48.5. The van der Waals surface area contributed by atoms with Gasteiger partial charge < -0.3 is 18.9 Å². The van der Waals surface area contributed by atoms with E-state index in [1.54, 1.807) is 0 Å². The lowest BCUT2D eigenvalue weighted by Crippen LogP contribution is -2.37. The van der Waals surface area contributed by atoms with Crippen LogP contribution < -0.4 is 0 Å². The Kier molecular flexibility index (Phi) is 42.4. The molecule has 10 heteroatoms. The smallest absolute Gasteiger partial charge is 0.462 e. The van der Waals surface area contributed by atoms with Gasteiger partial charge in [-0.05, 0) is 83.5 Å². The summed E-state index contributed by atoms with van der Waals surface area (Å²) in [6, 6.07) is 0. The zero-order chi connectivity index (χ0) is 46.4. The second-order valence-corrected chi connectivity index (χ2v) is 18.9. The highest BCUT2D eigenvalue weighted by Crippen LogP contribution is 2.43. The summed E-state index contributed by atoms with van der Waals surface area (Å²) < 4.78 is 34.3. The van der Waals surface area contributed by atoms with Crippen LogP contribution in [0.4, 0.5) is 0 Å². The maximum Gasteiger partial charge on any atom is 0.472 e. The van der Waals surface area contributed by atoms with Gasteiger partial charge in [0, 0.05) is 12.8 Å². The van der Waals surface area contributed by atoms with Gasteiger partial charge in [0.25, 0.3) is 0 Å². The van der Waals surface area contributed by atoms with E-state index >= 15 is 0 Å². The van der Waals surface area contributed by atoms with E-state index in [0.29, 0.717) is 17.4 Å². The Bertz CT molecular complexity index is 1340. The maximum absolute atomic E-state index is 12.7. The number of rotatable bonds is 44. The van der Waals surface area contributed by atoms with Crippen molar-refractivity contribution < 1.29 is 42.1 Å². The lowest BCUT2D eigenvalue weighted by Gasteiger charge is -2.24. The molecular formula is C53H93NO8P+. The number of quaternary nitrogens is 1. The monoisotopic (exact) mass is 903 g/mol. The van der Waals surface area contributed by atoms with Gasteiger partial charge in [-0.1, -0.05) is 176 Å². The van der Waals surface area contributed by atoms with Crippen molar-refractivity contribution in [1.29, 1.82) is 0 Å².